The lowest BCUT2D eigenvalue weighted by Crippen LogP contribution is -2.31. The van der Waals surface area contributed by atoms with Gasteiger partial charge in [-0.1, -0.05) is 54.1 Å². The highest BCUT2D eigenvalue weighted by atomic mass is 35.5. The molecule has 0 radical (unpaired) electrons. The number of methoxy groups -OCH3 is 1. The van der Waals surface area contributed by atoms with Crippen molar-refractivity contribution in [1.82, 2.24) is 14.4 Å². The Bertz CT molecular complexity index is 1270. The fourth-order valence-corrected chi connectivity index (χ4v) is 4.41. The van der Waals surface area contributed by atoms with E-state index < -0.39 is 0 Å². The average Bonchev–Trinajstić information content (AvgIpc) is 3.18. The summed E-state index contributed by atoms with van der Waals surface area (Å²) in [6, 6.07) is 17.9. The minimum absolute atomic E-state index is 0.0761. The largest absolute Gasteiger partial charge is 0.489 e. The minimum atomic E-state index is -0.162. The Kier molecular flexibility index (Phi) is 5.53. The molecule has 4 aromatic rings. The maximum Gasteiger partial charge on any atom is 0.308 e. The number of ether oxygens (including phenoxy) is 2. The van der Waals surface area contributed by atoms with Crippen LogP contribution < -0.4 is 4.74 Å². The zero-order valence-corrected chi connectivity index (χ0v) is 18.3. The van der Waals surface area contributed by atoms with Crippen LogP contribution in [0.25, 0.3) is 16.8 Å². The summed E-state index contributed by atoms with van der Waals surface area (Å²) in [4.78, 5) is 21.0. The van der Waals surface area contributed by atoms with Crippen molar-refractivity contribution in [2.24, 2.45) is 5.92 Å². The highest BCUT2D eigenvalue weighted by Crippen LogP contribution is 2.43. The number of nitrogens with zero attached hydrogens (tertiary/aromatic N) is 3. The van der Waals surface area contributed by atoms with Crippen LogP contribution in [0.4, 0.5) is 0 Å². The topological polar surface area (TPSA) is 65.7 Å². The summed E-state index contributed by atoms with van der Waals surface area (Å²) in [6.07, 6.45) is 4.96. The number of carbonyl (C=O) groups is 1. The summed E-state index contributed by atoms with van der Waals surface area (Å²) in [5.74, 6) is 1.56. The average molecular weight is 448 g/mol. The second-order valence-electron chi connectivity index (χ2n) is 7.95. The molecule has 6 nitrogen and oxygen atoms in total. The van der Waals surface area contributed by atoms with E-state index in [2.05, 4.69) is 4.98 Å². The predicted molar refractivity (Wildman–Crippen MR) is 122 cm³/mol. The van der Waals surface area contributed by atoms with Gasteiger partial charge < -0.3 is 9.47 Å². The molecule has 7 heteroatoms. The van der Waals surface area contributed by atoms with E-state index in [-0.39, 0.29) is 17.8 Å². The van der Waals surface area contributed by atoms with Crippen LogP contribution in [0.3, 0.4) is 0 Å². The van der Waals surface area contributed by atoms with Gasteiger partial charge in [0.25, 0.3) is 0 Å². The van der Waals surface area contributed by atoms with Gasteiger partial charge in [0.2, 0.25) is 0 Å². The van der Waals surface area contributed by atoms with Gasteiger partial charge in [-0.15, -0.1) is 0 Å². The first-order valence-electron chi connectivity index (χ1n) is 10.5. The molecule has 0 spiro atoms. The van der Waals surface area contributed by atoms with Crippen molar-refractivity contribution < 1.29 is 14.3 Å². The van der Waals surface area contributed by atoms with E-state index >= 15 is 0 Å². The Hall–Kier alpha value is -3.38. The van der Waals surface area contributed by atoms with Crippen LogP contribution >= 0.6 is 11.6 Å². The fraction of sp³-hybridized carbons (Fsp3) is 0.240. The predicted octanol–water partition coefficient (Wildman–Crippen LogP) is 5.30. The highest BCUT2D eigenvalue weighted by Gasteiger charge is 2.39. The Balaban J connectivity index is 1.46. The molecule has 0 aliphatic heterocycles. The van der Waals surface area contributed by atoms with Crippen molar-refractivity contribution in [3.63, 3.8) is 0 Å². The molecule has 2 aromatic heterocycles. The number of aromatic nitrogens is 3. The second kappa shape index (κ2) is 8.63. The number of halogens is 1. The van der Waals surface area contributed by atoms with Gasteiger partial charge in [0.05, 0.1) is 18.7 Å². The molecule has 32 heavy (non-hydrogen) atoms. The first kappa shape index (κ1) is 20.5. The number of carbonyl (C=O) groups excluding carboxylic acids is 1. The van der Waals surface area contributed by atoms with E-state index in [1.165, 1.54) is 7.11 Å². The van der Waals surface area contributed by atoms with Gasteiger partial charge in [0.1, 0.15) is 23.7 Å². The van der Waals surface area contributed by atoms with Crippen molar-refractivity contribution in [3.8, 4) is 17.0 Å². The lowest BCUT2D eigenvalue weighted by Gasteiger charge is -2.32. The summed E-state index contributed by atoms with van der Waals surface area (Å²) in [5, 5.41) is 0.390. The lowest BCUT2D eigenvalue weighted by atomic mass is 9.74. The van der Waals surface area contributed by atoms with Crippen molar-refractivity contribution in [2.75, 3.05) is 7.11 Å². The number of rotatable bonds is 6. The molecule has 0 bridgehead atoms. The van der Waals surface area contributed by atoms with Crippen molar-refractivity contribution in [3.05, 3.63) is 83.5 Å². The van der Waals surface area contributed by atoms with E-state index in [0.29, 0.717) is 24.6 Å². The SMILES string of the molecule is COC(=O)[C@H]1C[C@H](c2nc(-c3cccc(OCc4ccccc4)c3)c3c(Cl)nccn32)C1. The number of esters is 1. The summed E-state index contributed by atoms with van der Waals surface area (Å²) < 4.78 is 12.9. The molecule has 2 aromatic carbocycles. The van der Waals surface area contributed by atoms with Crippen LogP contribution in [0.5, 0.6) is 5.75 Å². The third-order valence-corrected chi connectivity index (χ3v) is 6.21. The Labute approximate surface area is 190 Å². The molecule has 162 valence electrons. The zero-order valence-electron chi connectivity index (χ0n) is 17.6. The van der Waals surface area contributed by atoms with Crippen molar-refractivity contribution >= 4 is 23.1 Å². The lowest BCUT2D eigenvalue weighted by molar-refractivity contribution is -0.149. The molecular weight excluding hydrogens is 426 g/mol. The standard InChI is InChI=1S/C25H22ClN3O3/c1-31-25(30)19-12-18(13-19)24-28-21(22-23(26)27-10-11-29(22)24)17-8-5-9-20(14-17)32-15-16-6-3-2-4-7-16/h2-11,14,18-19H,12-13,15H2,1H3/t18-,19-. The number of imidazole rings is 1. The Morgan fingerprint density at radius 2 is 1.97 bits per heavy atom. The Morgan fingerprint density at radius 3 is 2.75 bits per heavy atom. The molecular formula is C25H22ClN3O3. The first-order valence-corrected chi connectivity index (χ1v) is 10.9. The van der Waals surface area contributed by atoms with E-state index in [4.69, 9.17) is 26.1 Å². The van der Waals surface area contributed by atoms with E-state index in [1.54, 1.807) is 6.20 Å². The number of hydrogen-bond donors (Lipinski definition) is 0. The van der Waals surface area contributed by atoms with Crippen LogP contribution in [0.15, 0.2) is 67.0 Å². The summed E-state index contributed by atoms with van der Waals surface area (Å²) in [7, 11) is 1.43. The third-order valence-electron chi connectivity index (χ3n) is 5.93. The quantitative estimate of drug-likeness (QED) is 0.375. The molecule has 0 saturated heterocycles. The van der Waals surface area contributed by atoms with Crippen LogP contribution in [-0.4, -0.2) is 27.4 Å². The normalized spacial score (nSPS) is 17.7. The zero-order chi connectivity index (χ0) is 22.1. The van der Waals surface area contributed by atoms with Gasteiger partial charge in [-0.05, 0) is 30.5 Å². The molecule has 0 amide bonds. The van der Waals surface area contributed by atoms with Crippen LogP contribution in [0.1, 0.15) is 30.1 Å². The van der Waals surface area contributed by atoms with Gasteiger partial charge in [-0.25, -0.2) is 9.97 Å². The van der Waals surface area contributed by atoms with Gasteiger partial charge >= 0.3 is 5.97 Å². The van der Waals surface area contributed by atoms with Crippen LogP contribution in [0.2, 0.25) is 5.15 Å². The molecule has 2 heterocycles. The second-order valence-corrected chi connectivity index (χ2v) is 8.30. The summed E-state index contributed by atoms with van der Waals surface area (Å²) >= 11 is 6.50. The van der Waals surface area contributed by atoms with Gasteiger partial charge in [-0.2, -0.15) is 0 Å². The fourth-order valence-electron chi connectivity index (χ4n) is 4.18. The minimum Gasteiger partial charge on any atom is -0.489 e. The number of hydrogen-bond acceptors (Lipinski definition) is 5. The van der Waals surface area contributed by atoms with Gasteiger partial charge in [0.15, 0.2) is 5.15 Å². The third kappa shape index (κ3) is 3.82. The van der Waals surface area contributed by atoms with Gasteiger partial charge in [0, 0.05) is 23.9 Å². The molecule has 1 fully saturated rings. The van der Waals surface area contributed by atoms with Gasteiger partial charge in [-0.3, -0.25) is 9.20 Å². The van der Waals surface area contributed by atoms with E-state index in [0.717, 1.165) is 33.9 Å². The molecule has 1 saturated carbocycles. The maximum absolute atomic E-state index is 11.8. The molecule has 0 atom stereocenters. The maximum atomic E-state index is 11.8. The van der Waals surface area contributed by atoms with E-state index in [1.807, 2.05) is 65.2 Å². The number of benzene rings is 2. The molecule has 0 N–H and O–H groups in total. The Morgan fingerprint density at radius 1 is 1.16 bits per heavy atom. The monoisotopic (exact) mass is 447 g/mol. The van der Waals surface area contributed by atoms with E-state index in [9.17, 15) is 4.79 Å². The number of fused-ring (bicyclic) bond motifs is 1. The first-order chi connectivity index (χ1) is 15.6. The molecule has 0 unspecified atom stereocenters. The van der Waals surface area contributed by atoms with Crippen molar-refractivity contribution in [2.45, 2.75) is 25.4 Å². The molecule has 1 aliphatic carbocycles. The van der Waals surface area contributed by atoms with Crippen LogP contribution in [-0.2, 0) is 16.1 Å². The molecule has 5 rings (SSSR count). The smallest absolute Gasteiger partial charge is 0.308 e. The molecule has 1 aliphatic rings. The van der Waals surface area contributed by atoms with Crippen LogP contribution in [0, 0.1) is 5.92 Å². The highest BCUT2D eigenvalue weighted by molar-refractivity contribution is 6.33. The van der Waals surface area contributed by atoms with Crippen molar-refractivity contribution in [1.29, 1.82) is 0 Å². The summed E-state index contributed by atoms with van der Waals surface area (Å²) in [6.45, 7) is 0.485. The summed E-state index contributed by atoms with van der Waals surface area (Å²) in [5.41, 5.74) is 3.51.